The second-order valence-corrected chi connectivity index (χ2v) is 9.71. The molecular weight excluding hydrogens is 443 g/mol. The number of sulfonamides is 1. The molecule has 0 bridgehead atoms. The lowest BCUT2D eigenvalue weighted by Gasteiger charge is -2.16. The zero-order valence-corrected chi connectivity index (χ0v) is 17.2. The molecule has 146 valence electrons. The van der Waals surface area contributed by atoms with Crippen LogP contribution in [0.25, 0.3) is 0 Å². The van der Waals surface area contributed by atoms with Gasteiger partial charge in [0.25, 0.3) is 15.9 Å². The van der Waals surface area contributed by atoms with Crippen LogP contribution in [0.15, 0.2) is 64.9 Å². The number of thiophene rings is 1. The number of amides is 1. The highest BCUT2D eigenvalue weighted by Gasteiger charge is 2.23. The molecule has 0 aliphatic rings. The van der Waals surface area contributed by atoms with E-state index in [0.717, 1.165) is 11.3 Å². The van der Waals surface area contributed by atoms with E-state index in [-0.39, 0.29) is 13.6 Å². The van der Waals surface area contributed by atoms with Gasteiger partial charge in [-0.1, -0.05) is 65.7 Å². The third kappa shape index (κ3) is 4.48. The fourth-order valence-electron chi connectivity index (χ4n) is 2.61. The van der Waals surface area contributed by atoms with Crippen molar-refractivity contribution in [3.8, 4) is 0 Å². The van der Waals surface area contributed by atoms with Crippen LogP contribution in [0.3, 0.4) is 0 Å². The topological polar surface area (TPSA) is 95.5 Å². The lowest BCUT2D eigenvalue weighted by atomic mass is 9.90. The Morgan fingerprint density at radius 2 is 1.61 bits per heavy atom. The first-order valence-corrected chi connectivity index (χ1v) is 10.9. The van der Waals surface area contributed by atoms with E-state index >= 15 is 0 Å². The van der Waals surface area contributed by atoms with Gasteiger partial charge >= 0.3 is 0 Å². The van der Waals surface area contributed by atoms with E-state index in [2.05, 4.69) is 4.72 Å². The summed E-state index contributed by atoms with van der Waals surface area (Å²) in [6.45, 7) is 0. The number of anilines is 1. The van der Waals surface area contributed by atoms with E-state index in [1.165, 1.54) is 18.2 Å². The number of carbonyl (C=O) groups is 1. The summed E-state index contributed by atoms with van der Waals surface area (Å²) >= 11 is 12.5. The molecule has 0 spiro atoms. The largest absolute Gasteiger partial charge is 0.289 e. The number of nitrogens with one attached hydrogen (secondary N) is 2. The Balaban J connectivity index is 1.87. The normalized spacial score (nSPS) is 12.4. The van der Waals surface area contributed by atoms with Crippen molar-refractivity contribution >= 4 is 56.2 Å². The van der Waals surface area contributed by atoms with Crippen molar-refractivity contribution in [3.05, 3.63) is 81.1 Å². The Labute approximate surface area is 175 Å². The second kappa shape index (κ2) is 8.50. The molecule has 0 radical (unpaired) electrons. The van der Waals surface area contributed by atoms with Crippen molar-refractivity contribution in [1.29, 1.82) is 0 Å². The maximum Gasteiger partial charge on any atom is 0.271 e. The Hall–Kier alpha value is -2.10. The minimum Gasteiger partial charge on any atom is -0.289 e. The first-order chi connectivity index (χ1) is 13.3. The Morgan fingerprint density at radius 1 is 1.00 bits per heavy atom. The Bertz CT molecular complexity index is 1070. The van der Waals surface area contributed by atoms with Crippen LogP contribution >= 0.6 is 34.5 Å². The molecule has 3 rings (SSSR count). The summed E-state index contributed by atoms with van der Waals surface area (Å²) in [4.78, 5) is 12.1. The second-order valence-electron chi connectivity index (χ2n) is 5.73. The first kappa shape index (κ1) is 20.6. The molecule has 2 aromatic carbocycles. The fourth-order valence-corrected chi connectivity index (χ4v) is 5.55. The number of carbonyl (C=O) groups excluding carboxylic acids is 1. The molecule has 6 nitrogen and oxygen atoms in total. The van der Waals surface area contributed by atoms with Crippen LogP contribution in [0.1, 0.15) is 17.0 Å². The summed E-state index contributed by atoms with van der Waals surface area (Å²) in [5.41, 5.74) is 3.25. The van der Waals surface area contributed by atoms with Gasteiger partial charge in [0.15, 0.2) is 0 Å². The van der Waals surface area contributed by atoms with Crippen LogP contribution in [0.2, 0.25) is 9.36 Å². The van der Waals surface area contributed by atoms with E-state index < -0.39 is 21.8 Å². The predicted octanol–water partition coefficient (Wildman–Crippen LogP) is 4.49. The maximum atomic E-state index is 12.4. The molecule has 0 fully saturated rings. The number of hydrogen-bond donors (Lipinski definition) is 3. The van der Waals surface area contributed by atoms with E-state index in [0.29, 0.717) is 16.8 Å². The molecule has 3 aromatic rings. The van der Waals surface area contributed by atoms with Gasteiger partial charge in [-0.15, -0.1) is 11.3 Å². The molecule has 0 saturated carbocycles. The van der Waals surface area contributed by atoms with Gasteiger partial charge in [-0.3, -0.25) is 14.7 Å². The quantitative estimate of drug-likeness (QED) is 0.375. The van der Waals surface area contributed by atoms with Gasteiger partial charge in [0.05, 0.1) is 10.9 Å². The van der Waals surface area contributed by atoms with Crippen LogP contribution in [0.4, 0.5) is 5.69 Å². The van der Waals surface area contributed by atoms with Gasteiger partial charge in [-0.25, -0.2) is 13.9 Å². The molecule has 3 N–H and O–H groups in total. The Kier molecular flexibility index (Phi) is 6.26. The van der Waals surface area contributed by atoms with E-state index in [1.807, 2.05) is 6.07 Å². The van der Waals surface area contributed by atoms with Gasteiger partial charge in [0.2, 0.25) is 0 Å². The highest BCUT2D eigenvalue weighted by Crippen LogP contribution is 2.35. The lowest BCUT2D eigenvalue weighted by molar-refractivity contribution is -0.129. The molecule has 1 amide bonds. The monoisotopic (exact) mass is 456 g/mol. The highest BCUT2D eigenvalue weighted by atomic mass is 35.5. The molecule has 0 aliphatic heterocycles. The number of benzene rings is 2. The smallest absolute Gasteiger partial charge is 0.271 e. The molecular formula is C18H14Cl2N2O4S2. The molecule has 1 unspecified atom stereocenters. The van der Waals surface area contributed by atoms with Crippen LogP contribution < -0.4 is 10.2 Å². The molecule has 28 heavy (non-hydrogen) atoms. The third-order valence-corrected chi connectivity index (χ3v) is 7.61. The standard InChI is InChI=1S/C18H14Cl2N2O4S2/c19-14-10-15(27-17(14)20)28(25,26)22-13-8-6-12(7-9-13)16(18(23)21-24)11-4-2-1-3-5-11/h1-10,16,22,24H,(H,21,23). The van der Waals surface area contributed by atoms with E-state index in [4.69, 9.17) is 28.4 Å². The van der Waals surface area contributed by atoms with Crippen LogP contribution in [0.5, 0.6) is 0 Å². The molecule has 1 heterocycles. The van der Waals surface area contributed by atoms with Crippen molar-refractivity contribution in [1.82, 2.24) is 5.48 Å². The van der Waals surface area contributed by atoms with Crippen molar-refractivity contribution in [3.63, 3.8) is 0 Å². The molecule has 0 aliphatic carbocycles. The van der Waals surface area contributed by atoms with Crippen LogP contribution in [-0.2, 0) is 14.8 Å². The van der Waals surface area contributed by atoms with Crippen LogP contribution in [-0.4, -0.2) is 19.5 Å². The molecule has 10 heteroatoms. The fraction of sp³-hybridized carbons (Fsp3) is 0.0556. The van der Waals surface area contributed by atoms with Gasteiger partial charge in [0, 0.05) is 5.69 Å². The molecule has 0 saturated heterocycles. The van der Waals surface area contributed by atoms with Crippen molar-refractivity contribution in [2.24, 2.45) is 0 Å². The summed E-state index contributed by atoms with van der Waals surface area (Å²) in [6, 6.07) is 16.5. The number of rotatable bonds is 6. The third-order valence-electron chi connectivity index (χ3n) is 3.89. The molecule has 1 aromatic heterocycles. The number of halogens is 2. The van der Waals surface area contributed by atoms with Gasteiger partial charge in [-0.05, 0) is 29.3 Å². The summed E-state index contributed by atoms with van der Waals surface area (Å²) < 4.78 is 27.5. The minimum absolute atomic E-state index is 0.00611. The van der Waals surface area contributed by atoms with Crippen molar-refractivity contribution < 1.29 is 18.4 Å². The number of hydroxylamine groups is 1. The summed E-state index contributed by atoms with van der Waals surface area (Å²) in [5.74, 6) is -1.34. The van der Waals surface area contributed by atoms with E-state index in [9.17, 15) is 13.2 Å². The first-order valence-electron chi connectivity index (χ1n) is 7.88. The molecule has 1 atom stereocenters. The average Bonchev–Trinajstić information content (AvgIpc) is 3.03. The van der Waals surface area contributed by atoms with Gasteiger partial charge < -0.3 is 0 Å². The van der Waals surface area contributed by atoms with E-state index in [1.54, 1.807) is 41.9 Å². The zero-order chi connectivity index (χ0) is 20.3. The average molecular weight is 457 g/mol. The maximum absolute atomic E-state index is 12.4. The summed E-state index contributed by atoms with van der Waals surface area (Å²) in [7, 11) is -3.84. The van der Waals surface area contributed by atoms with Gasteiger partial charge in [0.1, 0.15) is 8.55 Å². The number of hydrogen-bond acceptors (Lipinski definition) is 5. The SMILES string of the molecule is O=C(NO)C(c1ccccc1)c1ccc(NS(=O)(=O)c2cc(Cl)c(Cl)s2)cc1. The highest BCUT2D eigenvalue weighted by molar-refractivity contribution is 7.94. The van der Waals surface area contributed by atoms with Crippen molar-refractivity contribution in [2.75, 3.05) is 4.72 Å². The van der Waals surface area contributed by atoms with Crippen molar-refractivity contribution in [2.45, 2.75) is 10.1 Å². The van der Waals surface area contributed by atoms with Crippen LogP contribution in [0, 0.1) is 0 Å². The zero-order valence-electron chi connectivity index (χ0n) is 14.1. The predicted molar refractivity (Wildman–Crippen MR) is 110 cm³/mol. The van der Waals surface area contributed by atoms with Gasteiger partial charge in [-0.2, -0.15) is 0 Å². The minimum atomic E-state index is -3.84. The summed E-state index contributed by atoms with van der Waals surface area (Å²) in [6.07, 6.45) is 0. The lowest BCUT2D eigenvalue weighted by Crippen LogP contribution is -2.27. The Morgan fingerprint density at radius 3 is 2.14 bits per heavy atom. The summed E-state index contributed by atoms with van der Waals surface area (Å²) in [5, 5.41) is 9.24.